The highest BCUT2D eigenvalue weighted by Crippen LogP contribution is 2.23. The predicted molar refractivity (Wildman–Crippen MR) is 109 cm³/mol. The van der Waals surface area contributed by atoms with Crippen LogP contribution < -0.4 is 10.1 Å². The molecule has 1 unspecified atom stereocenters. The monoisotopic (exact) mass is 414 g/mol. The summed E-state index contributed by atoms with van der Waals surface area (Å²) >= 11 is 1.03. The van der Waals surface area contributed by atoms with Crippen LogP contribution in [0.4, 0.5) is 4.79 Å². The number of benzene rings is 1. The van der Waals surface area contributed by atoms with Gasteiger partial charge >= 0.3 is 5.97 Å². The van der Waals surface area contributed by atoms with E-state index >= 15 is 0 Å². The molecule has 0 aliphatic carbocycles. The number of aromatic nitrogens is 1. The van der Waals surface area contributed by atoms with Gasteiger partial charge in [-0.05, 0) is 35.7 Å². The van der Waals surface area contributed by atoms with E-state index in [0.717, 1.165) is 34.3 Å². The zero-order valence-electron chi connectivity index (χ0n) is 16.1. The largest absolute Gasteiger partial charge is 0.493 e. The Morgan fingerprint density at radius 3 is 2.45 bits per heavy atom. The molecule has 1 aromatic carbocycles. The van der Waals surface area contributed by atoms with Crippen LogP contribution in [0.25, 0.3) is 0 Å². The number of esters is 1. The summed E-state index contributed by atoms with van der Waals surface area (Å²) in [7, 11) is 0. The molecule has 0 radical (unpaired) electrons. The summed E-state index contributed by atoms with van der Waals surface area (Å²) in [6.45, 7) is 2.24. The first-order valence-electron chi connectivity index (χ1n) is 9.30. The molecule has 1 saturated heterocycles. The normalized spacial score (nSPS) is 15.8. The van der Waals surface area contributed by atoms with Gasteiger partial charge in [-0.2, -0.15) is 0 Å². The number of pyridine rings is 1. The molecule has 0 bridgehead atoms. The number of thioether (sulfide) groups is 1. The second kappa shape index (κ2) is 10.1. The van der Waals surface area contributed by atoms with Crippen LogP contribution in [0.15, 0.2) is 42.6 Å². The molecule has 2 heterocycles. The highest BCUT2D eigenvalue weighted by Gasteiger charge is 2.31. The van der Waals surface area contributed by atoms with E-state index in [2.05, 4.69) is 10.3 Å². The van der Waals surface area contributed by atoms with E-state index < -0.39 is 0 Å². The van der Waals surface area contributed by atoms with Gasteiger partial charge in [0.05, 0.1) is 18.5 Å². The standard InChI is InChI=1S/C21H22N2O5S/c1-14(24)27-10-8-16-2-5-17(22-13-16)9-11-28-18-6-3-15(4-7-18)12-19-20(25)23-21(26)29-19/h2-7,13,19H,8-12H2,1H3,(H,23,25,26). The van der Waals surface area contributed by atoms with Crippen LogP contribution in [-0.2, 0) is 33.6 Å². The van der Waals surface area contributed by atoms with E-state index in [1.807, 2.05) is 36.4 Å². The van der Waals surface area contributed by atoms with Crippen molar-refractivity contribution in [3.8, 4) is 5.75 Å². The van der Waals surface area contributed by atoms with Crippen LogP contribution in [-0.4, -0.2) is 40.6 Å². The van der Waals surface area contributed by atoms with Crippen molar-refractivity contribution in [3.63, 3.8) is 0 Å². The Balaban J connectivity index is 1.40. The number of imide groups is 1. The van der Waals surface area contributed by atoms with E-state index in [9.17, 15) is 14.4 Å². The smallest absolute Gasteiger partial charge is 0.302 e. The fourth-order valence-electron chi connectivity index (χ4n) is 2.80. The summed E-state index contributed by atoms with van der Waals surface area (Å²) < 4.78 is 10.7. The maximum absolute atomic E-state index is 11.6. The zero-order chi connectivity index (χ0) is 20.6. The topological polar surface area (TPSA) is 94.6 Å². The van der Waals surface area contributed by atoms with Crippen molar-refractivity contribution in [1.82, 2.24) is 10.3 Å². The quantitative estimate of drug-likeness (QED) is 0.631. The molecular weight excluding hydrogens is 392 g/mol. The van der Waals surface area contributed by atoms with Crippen LogP contribution in [0.3, 0.4) is 0 Å². The summed E-state index contributed by atoms with van der Waals surface area (Å²) in [5, 5.41) is 1.64. The molecule has 1 aliphatic heterocycles. The van der Waals surface area contributed by atoms with Crippen LogP contribution in [0.1, 0.15) is 23.7 Å². The van der Waals surface area contributed by atoms with Gasteiger partial charge in [0, 0.05) is 31.7 Å². The van der Waals surface area contributed by atoms with E-state index in [4.69, 9.17) is 9.47 Å². The minimum atomic E-state index is -0.364. The lowest BCUT2D eigenvalue weighted by atomic mass is 10.1. The minimum Gasteiger partial charge on any atom is -0.493 e. The summed E-state index contributed by atoms with van der Waals surface area (Å²) in [5.74, 6) is 0.231. The molecule has 3 rings (SSSR count). The third kappa shape index (κ3) is 6.60. The van der Waals surface area contributed by atoms with Gasteiger partial charge in [-0.1, -0.05) is 30.0 Å². The number of carbonyl (C=O) groups is 3. The molecule has 2 aromatic rings. The van der Waals surface area contributed by atoms with Gasteiger partial charge in [-0.15, -0.1) is 0 Å². The summed E-state index contributed by atoms with van der Waals surface area (Å²) in [5.41, 5.74) is 2.92. The van der Waals surface area contributed by atoms with Crippen LogP contribution in [0.2, 0.25) is 0 Å². The number of ether oxygens (including phenoxy) is 2. The number of rotatable bonds is 9. The Labute approximate surface area is 173 Å². The fourth-order valence-corrected chi connectivity index (χ4v) is 3.66. The van der Waals surface area contributed by atoms with E-state index in [0.29, 0.717) is 32.5 Å². The lowest BCUT2D eigenvalue weighted by molar-refractivity contribution is -0.140. The van der Waals surface area contributed by atoms with Gasteiger partial charge in [0.2, 0.25) is 5.91 Å². The first kappa shape index (κ1) is 20.9. The highest BCUT2D eigenvalue weighted by atomic mass is 32.2. The van der Waals surface area contributed by atoms with Gasteiger partial charge < -0.3 is 9.47 Å². The first-order valence-corrected chi connectivity index (χ1v) is 10.2. The maximum Gasteiger partial charge on any atom is 0.302 e. The second-order valence-electron chi connectivity index (χ2n) is 6.58. The number of hydrogen-bond donors (Lipinski definition) is 1. The average Bonchev–Trinajstić information content (AvgIpc) is 3.01. The third-order valence-corrected chi connectivity index (χ3v) is 5.30. The van der Waals surface area contributed by atoms with Crippen LogP contribution >= 0.6 is 11.8 Å². The van der Waals surface area contributed by atoms with Gasteiger partial charge in [-0.3, -0.25) is 24.7 Å². The minimum absolute atomic E-state index is 0.231. The first-order chi connectivity index (χ1) is 14.0. The van der Waals surface area contributed by atoms with Crippen molar-refractivity contribution < 1.29 is 23.9 Å². The van der Waals surface area contributed by atoms with E-state index in [1.165, 1.54) is 6.92 Å². The number of carbonyl (C=O) groups excluding carboxylic acids is 3. The van der Waals surface area contributed by atoms with Gasteiger partial charge in [0.25, 0.3) is 5.24 Å². The molecule has 7 nitrogen and oxygen atoms in total. The Kier molecular flexibility index (Phi) is 7.24. The van der Waals surface area contributed by atoms with Crippen molar-refractivity contribution in [1.29, 1.82) is 0 Å². The predicted octanol–water partition coefficient (Wildman–Crippen LogP) is 2.70. The average molecular weight is 414 g/mol. The molecule has 1 aromatic heterocycles. The number of amides is 2. The van der Waals surface area contributed by atoms with Crippen molar-refractivity contribution in [2.45, 2.75) is 31.4 Å². The van der Waals surface area contributed by atoms with Crippen molar-refractivity contribution >= 4 is 28.9 Å². The van der Waals surface area contributed by atoms with Gasteiger partial charge in [0.1, 0.15) is 5.75 Å². The van der Waals surface area contributed by atoms with Gasteiger partial charge in [0.15, 0.2) is 0 Å². The lowest BCUT2D eigenvalue weighted by Gasteiger charge is -2.09. The fraction of sp³-hybridized carbons (Fsp3) is 0.333. The summed E-state index contributed by atoms with van der Waals surface area (Å²) in [6, 6.07) is 11.5. The highest BCUT2D eigenvalue weighted by molar-refractivity contribution is 8.15. The molecule has 0 spiro atoms. The molecule has 152 valence electrons. The third-order valence-electron chi connectivity index (χ3n) is 4.32. The molecule has 2 amide bonds. The Hall–Kier alpha value is -2.87. The Morgan fingerprint density at radius 2 is 1.83 bits per heavy atom. The molecule has 0 saturated carbocycles. The second-order valence-corrected chi connectivity index (χ2v) is 7.75. The maximum atomic E-state index is 11.6. The number of nitrogens with one attached hydrogen (secondary N) is 1. The zero-order valence-corrected chi connectivity index (χ0v) is 16.9. The van der Waals surface area contributed by atoms with Crippen molar-refractivity contribution in [2.75, 3.05) is 13.2 Å². The van der Waals surface area contributed by atoms with E-state index in [-0.39, 0.29) is 22.4 Å². The Bertz CT molecular complexity index is 868. The molecular formula is C21H22N2O5S. The van der Waals surface area contributed by atoms with Crippen molar-refractivity contribution in [3.05, 3.63) is 59.4 Å². The number of hydrogen-bond acceptors (Lipinski definition) is 7. The molecule has 1 atom stereocenters. The van der Waals surface area contributed by atoms with Crippen LogP contribution in [0.5, 0.6) is 5.75 Å². The number of nitrogens with zero attached hydrogens (tertiary/aromatic N) is 1. The summed E-state index contributed by atoms with van der Waals surface area (Å²) in [4.78, 5) is 38.0. The summed E-state index contributed by atoms with van der Waals surface area (Å²) in [6.07, 6.45) is 3.61. The molecule has 1 aliphatic rings. The molecule has 1 N–H and O–H groups in total. The molecule has 8 heteroatoms. The molecule has 1 fully saturated rings. The van der Waals surface area contributed by atoms with Crippen molar-refractivity contribution in [2.24, 2.45) is 0 Å². The molecule has 29 heavy (non-hydrogen) atoms. The lowest BCUT2D eigenvalue weighted by Crippen LogP contribution is -2.25. The Morgan fingerprint density at radius 1 is 1.07 bits per heavy atom. The SMILES string of the molecule is CC(=O)OCCc1ccc(CCOc2ccc(CC3SC(=O)NC3=O)cc2)nc1. The van der Waals surface area contributed by atoms with Gasteiger partial charge in [-0.25, -0.2) is 0 Å². The van der Waals surface area contributed by atoms with E-state index in [1.54, 1.807) is 6.20 Å². The van der Waals surface area contributed by atoms with Crippen LogP contribution in [0, 0.1) is 0 Å².